The van der Waals surface area contributed by atoms with Crippen LogP contribution in [0.15, 0.2) is 22.7 Å². The molecule has 1 aliphatic rings. The van der Waals surface area contributed by atoms with Crippen molar-refractivity contribution in [2.75, 3.05) is 6.54 Å². The van der Waals surface area contributed by atoms with E-state index in [2.05, 4.69) is 15.9 Å². The van der Waals surface area contributed by atoms with Gasteiger partial charge in [0.2, 0.25) is 0 Å². The van der Waals surface area contributed by atoms with Gasteiger partial charge in [-0.2, -0.15) is 13.2 Å². The highest BCUT2D eigenvalue weighted by atomic mass is 79.9. The first kappa shape index (κ1) is 16.3. The van der Waals surface area contributed by atoms with Crippen molar-refractivity contribution in [3.8, 4) is 0 Å². The van der Waals surface area contributed by atoms with Crippen molar-refractivity contribution in [2.45, 2.75) is 44.8 Å². The maximum absolute atomic E-state index is 13.1. The standard InChI is InChI=1S/C15H17BrF3NO/c1-2-20(11-5-3-4-6-11)14(21)12-8-7-10(16)9-13(12)15(17,18)19/h7-9,11H,2-6H2,1H3. The number of alkyl halides is 3. The molecule has 0 N–H and O–H groups in total. The Hall–Kier alpha value is -1.04. The molecular weight excluding hydrogens is 347 g/mol. The van der Waals surface area contributed by atoms with Gasteiger partial charge in [0, 0.05) is 17.1 Å². The predicted octanol–water partition coefficient (Wildman–Crippen LogP) is 4.87. The van der Waals surface area contributed by atoms with Crippen molar-refractivity contribution in [1.82, 2.24) is 4.90 Å². The first-order valence-corrected chi connectivity index (χ1v) is 7.81. The molecule has 1 aliphatic carbocycles. The lowest BCUT2D eigenvalue weighted by Gasteiger charge is -2.28. The summed E-state index contributed by atoms with van der Waals surface area (Å²) in [7, 11) is 0. The number of halogens is 4. The van der Waals surface area contributed by atoms with E-state index in [4.69, 9.17) is 0 Å². The summed E-state index contributed by atoms with van der Waals surface area (Å²) in [6, 6.07) is 3.76. The largest absolute Gasteiger partial charge is 0.417 e. The zero-order valence-electron chi connectivity index (χ0n) is 11.7. The number of rotatable bonds is 3. The molecule has 0 aliphatic heterocycles. The maximum Gasteiger partial charge on any atom is 0.417 e. The van der Waals surface area contributed by atoms with E-state index < -0.39 is 17.6 Å². The summed E-state index contributed by atoms with van der Waals surface area (Å²) in [4.78, 5) is 14.1. The molecule has 2 rings (SSSR count). The Morgan fingerprint density at radius 1 is 1.33 bits per heavy atom. The third kappa shape index (κ3) is 3.59. The van der Waals surface area contributed by atoms with Crippen LogP contribution in [-0.4, -0.2) is 23.4 Å². The Balaban J connectivity index is 2.37. The number of amides is 1. The number of carbonyl (C=O) groups is 1. The van der Waals surface area contributed by atoms with E-state index in [1.54, 1.807) is 4.90 Å². The fraction of sp³-hybridized carbons (Fsp3) is 0.533. The summed E-state index contributed by atoms with van der Waals surface area (Å²) in [5, 5.41) is 0. The van der Waals surface area contributed by atoms with Crippen LogP contribution in [-0.2, 0) is 6.18 Å². The Kier molecular flexibility index (Phi) is 4.96. The van der Waals surface area contributed by atoms with Crippen LogP contribution in [0.3, 0.4) is 0 Å². The van der Waals surface area contributed by atoms with Gasteiger partial charge in [-0.15, -0.1) is 0 Å². The van der Waals surface area contributed by atoms with E-state index in [0.29, 0.717) is 11.0 Å². The Bertz CT molecular complexity index is 524. The number of carbonyl (C=O) groups excluding carboxylic acids is 1. The number of hydrogen-bond acceptors (Lipinski definition) is 1. The van der Waals surface area contributed by atoms with Gasteiger partial charge in [-0.05, 0) is 38.0 Å². The van der Waals surface area contributed by atoms with E-state index in [9.17, 15) is 18.0 Å². The molecule has 0 unspecified atom stereocenters. The molecule has 1 aromatic carbocycles. The third-order valence-corrected chi connectivity index (χ3v) is 4.38. The summed E-state index contributed by atoms with van der Waals surface area (Å²) >= 11 is 3.03. The first-order chi connectivity index (χ1) is 9.84. The lowest BCUT2D eigenvalue weighted by atomic mass is 10.0. The lowest BCUT2D eigenvalue weighted by Crippen LogP contribution is -2.39. The van der Waals surface area contributed by atoms with Crippen LogP contribution in [0, 0.1) is 0 Å². The summed E-state index contributed by atoms with van der Waals surface area (Å²) in [5.74, 6) is -0.524. The first-order valence-electron chi connectivity index (χ1n) is 7.02. The molecule has 21 heavy (non-hydrogen) atoms. The fourth-order valence-electron chi connectivity index (χ4n) is 2.88. The summed E-state index contributed by atoms with van der Waals surface area (Å²) < 4.78 is 39.7. The van der Waals surface area contributed by atoms with Gasteiger partial charge in [-0.3, -0.25) is 4.79 Å². The molecule has 116 valence electrons. The van der Waals surface area contributed by atoms with Crippen LogP contribution < -0.4 is 0 Å². The maximum atomic E-state index is 13.1. The molecule has 0 radical (unpaired) electrons. The van der Waals surface area contributed by atoms with Crippen LogP contribution in [0.25, 0.3) is 0 Å². The summed E-state index contributed by atoms with van der Waals surface area (Å²) in [6.45, 7) is 2.24. The average molecular weight is 364 g/mol. The Morgan fingerprint density at radius 3 is 2.48 bits per heavy atom. The molecule has 6 heteroatoms. The zero-order valence-corrected chi connectivity index (χ0v) is 13.3. The predicted molar refractivity (Wildman–Crippen MR) is 78.1 cm³/mol. The number of benzene rings is 1. The van der Waals surface area contributed by atoms with E-state index >= 15 is 0 Å². The van der Waals surface area contributed by atoms with E-state index in [0.717, 1.165) is 31.7 Å². The molecule has 0 bridgehead atoms. The molecule has 0 atom stereocenters. The van der Waals surface area contributed by atoms with Gasteiger partial charge >= 0.3 is 6.18 Å². The second-order valence-corrected chi connectivity index (χ2v) is 6.13. The highest BCUT2D eigenvalue weighted by Crippen LogP contribution is 2.35. The van der Waals surface area contributed by atoms with Gasteiger partial charge in [0.15, 0.2) is 0 Å². The normalized spacial score (nSPS) is 16.2. The monoisotopic (exact) mass is 363 g/mol. The lowest BCUT2D eigenvalue weighted by molar-refractivity contribution is -0.138. The Labute approximate surface area is 130 Å². The number of hydrogen-bond donors (Lipinski definition) is 0. The average Bonchev–Trinajstić information content (AvgIpc) is 2.92. The smallest absolute Gasteiger partial charge is 0.336 e. The minimum atomic E-state index is -4.54. The van der Waals surface area contributed by atoms with E-state index in [-0.39, 0.29) is 11.6 Å². The second kappa shape index (κ2) is 6.38. The summed E-state index contributed by atoms with van der Waals surface area (Å²) in [5.41, 5.74) is -1.14. The second-order valence-electron chi connectivity index (χ2n) is 5.22. The van der Waals surface area contributed by atoms with Crippen molar-refractivity contribution < 1.29 is 18.0 Å². The zero-order chi connectivity index (χ0) is 15.6. The molecule has 1 aromatic rings. The highest BCUT2D eigenvalue weighted by molar-refractivity contribution is 9.10. The highest BCUT2D eigenvalue weighted by Gasteiger charge is 2.37. The summed E-state index contributed by atoms with van der Waals surface area (Å²) in [6.07, 6.45) is -0.736. The van der Waals surface area contributed by atoms with Crippen molar-refractivity contribution in [2.24, 2.45) is 0 Å². The molecule has 0 aromatic heterocycles. The SMILES string of the molecule is CCN(C(=O)c1ccc(Br)cc1C(F)(F)F)C1CCCC1. The van der Waals surface area contributed by atoms with Gasteiger partial charge in [-0.25, -0.2) is 0 Å². The van der Waals surface area contributed by atoms with E-state index in [1.807, 2.05) is 6.92 Å². The van der Waals surface area contributed by atoms with Crippen LogP contribution >= 0.6 is 15.9 Å². The van der Waals surface area contributed by atoms with Gasteiger partial charge in [0.25, 0.3) is 5.91 Å². The van der Waals surface area contributed by atoms with Crippen molar-refractivity contribution in [1.29, 1.82) is 0 Å². The fourth-order valence-corrected chi connectivity index (χ4v) is 3.24. The van der Waals surface area contributed by atoms with Gasteiger partial charge < -0.3 is 4.90 Å². The topological polar surface area (TPSA) is 20.3 Å². The molecule has 2 nitrogen and oxygen atoms in total. The third-order valence-electron chi connectivity index (χ3n) is 3.88. The Morgan fingerprint density at radius 2 is 1.95 bits per heavy atom. The van der Waals surface area contributed by atoms with Crippen LogP contribution in [0.2, 0.25) is 0 Å². The van der Waals surface area contributed by atoms with Gasteiger partial charge in [-0.1, -0.05) is 28.8 Å². The number of nitrogens with zero attached hydrogens (tertiary/aromatic N) is 1. The molecule has 1 fully saturated rings. The molecule has 0 spiro atoms. The van der Waals surface area contributed by atoms with Crippen LogP contribution in [0.1, 0.15) is 48.5 Å². The molecule has 0 heterocycles. The molecule has 1 saturated carbocycles. The molecular formula is C15H17BrF3NO. The van der Waals surface area contributed by atoms with Crippen molar-refractivity contribution >= 4 is 21.8 Å². The van der Waals surface area contributed by atoms with E-state index in [1.165, 1.54) is 12.1 Å². The quantitative estimate of drug-likeness (QED) is 0.749. The van der Waals surface area contributed by atoms with Gasteiger partial charge in [0.1, 0.15) is 0 Å². The van der Waals surface area contributed by atoms with Crippen molar-refractivity contribution in [3.05, 3.63) is 33.8 Å². The minimum absolute atomic E-state index is 0.0623. The molecule has 0 saturated heterocycles. The van der Waals surface area contributed by atoms with Crippen LogP contribution in [0.5, 0.6) is 0 Å². The van der Waals surface area contributed by atoms with Crippen LogP contribution in [0.4, 0.5) is 13.2 Å². The van der Waals surface area contributed by atoms with Crippen molar-refractivity contribution in [3.63, 3.8) is 0 Å². The minimum Gasteiger partial charge on any atom is -0.336 e. The van der Waals surface area contributed by atoms with Gasteiger partial charge in [0.05, 0.1) is 11.1 Å². The molecule has 1 amide bonds.